The van der Waals surface area contributed by atoms with Gasteiger partial charge in [-0.05, 0) is 29.8 Å². The highest BCUT2D eigenvalue weighted by Crippen LogP contribution is 2.43. The summed E-state index contributed by atoms with van der Waals surface area (Å²) in [5.74, 6) is 0.0277. The number of ether oxygens (including phenoxy) is 3. The standard InChI is InChI=1S/C24H19ClN4O8/c1-35-20-10-8-16-21(37-24(30)22(16)23(20)36-2)12-18(13-3-5-14(25)6-4-13)27-26-17-9-7-15(28(31)32)11-19(17)29(33)34/h3-11,21,26H,12H2,1-2H3/b27-18+. The highest BCUT2D eigenvalue weighted by molar-refractivity contribution is 6.30. The van der Waals surface area contributed by atoms with Gasteiger partial charge in [-0.25, -0.2) is 4.79 Å². The minimum Gasteiger partial charge on any atom is -0.493 e. The zero-order valence-electron chi connectivity index (χ0n) is 19.5. The van der Waals surface area contributed by atoms with Crippen molar-refractivity contribution < 1.29 is 28.9 Å². The summed E-state index contributed by atoms with van der Waals surface area (Å²) in [6.07, 6.45) is -0.658. The Morgan fingerprint density at radius 2 is 1.78 bits per heavy atom. The number of carbonyl (C=O) groups is 1. The topological polar surface area (TPSA) is 155 Å². The van der Waals surface area contributed by atoms with E-state index in [2.05, 4.69) is 10.5 Å². The molecule has 190 valence electrons. The molecule has 3 aromatic carbocycles. The number of nitro benzene ring substituents is 2. The van der Waals surface area contributed by atoms with Gasteiger partial charge in [0.25, 0.3) is 5.69 Å². The lowest BCUT2D eigenvalue weighted by Gasteiger charge is -2.15. The van der Waals surface area contributed by atoms with Crippen LogP contribution in [0.2, 0.25) is 5.02 Å². The molecule has 1 aliphatic rings. The summed E-state index contributed by atoms with van der Waals surface area (Å²) < 4.78 is 16.3. The van der Waals surface area contributed by atoms with E-state index >= 15 is 0 Å². The average molecular weight is 527 g/mol. The van der Waals surface area contributed by atoms with Crippen LogP contribution in [-0.2, 0) is 4.74 Å². The highest BCUT2D eigenvalue weighted by Gasteiger charge is 2.36. The fourth-order valence-corrected chi connectivity index (χ4v) is 4.00. The monoisotopic (exact) mass is 526 g/mol. The number of hydrogen-bond donors (Lipinski definition) is 1. The number of esters is 1. The van der Waals surface area contributed by atoms with Crippen LogP contribution in [0.5, 0.6) is 11.5 Å². The van der Waals surface area contributed by atoms with Crippen molar-refractivity contribution >= 4 is 40.3 Å². The maximum atomic E-state index is 12.7. The van der Waals surface area contributed by atoms with E-state index in [0.717, 1.165) is 12.1 Å². The predicted molar refractivity (Wildman–Crippen MR) is 134 cm³/mol. The summed E-state index contributed by atoms with van der Waals surface area (Å²) in [7, 11) is 2.87. The van der Waals surface area contributed by atoms with Crippen LogP contribution < -0.4 is 14.9 Å². The average Bonchev–Trinajstić information content (AvgIpc) is 3.21. The van der Waals surface area contributed by atoms with Crippen molar-refractivity contribution in [3.8, 4) is 11.5 Å². The molecule has 1 aliphatic heterocycles. The number of non-ortho nitro benzene ring substituents is 1. The van der Waals surface area contributed by atoms with Gasteiger partial charge in [0, 0.05) is 23.1 Å². The molecule has 0 aromatic heterocycles. The van der Waals surface area contributed by atoms with Gasteiger partial charge in [-0.15, -0.1) is 0 Å². The molecule has 12 nitrogen and oxygen atoms in total. The third-order valence-electron chi connectivity index (χ3n) is 5.63. The SMILES string of the molecule is COc1ccc2c(c1OC)C(=O)OC2C/C(=N\Nc1ccc([N+](=O)[O-])cc1[N+](=O)[O-])c1ccc(Cl)cc1. The molecule has 0 saturated heterocycles. The normalized spacial score (nSPS) is 14.5. The first kappa shape index (κ1) is 25.4. The molecule has 0 fully saturated rings. The molecule has 1 unspecified atom stereocenters. The minimum absolute atomic E-state index is 0.0581. The molecule has 1 atom stereocenters. The Balaban J connectivity index is 1.73. The fraction of sp³-hybridized carbons (Fsp3) is 0.167. The lowest BCUT2D eigenvalue weighted by atomic mass is 9.97. The van der Waals surface area contributed by atoms with Gasteiger partial charge in [0.2, 0.25) is 0 Å². The van der Waals surface area contributed by atoms with E-state index < -0.39 is 33.3 Å². The summed E-state index contributed by atoms with van der Waals surface area (Å²) in [6.45, 7) is 0. The van der Waals surface area contributed by atoms with E-state index in [0.29, 0.717) is 27.6 Å². The van der Waals surface area contributed by atoms with Gasteiger partial charge in [0.15, 0.2) is 11.5 Å². The molecule has 1 N–H and O–H groups in total. The molecule has 0 saturated carbocycles. The summed E-state index contributed by atoms with van der Waals surface area (Å²) in [5.41, 5.74) is 3.39. The smallest absolute Gasteiger partial charge is 0.343 e. The van der Waals surface area contributed by atoms with Crippen molar-refractivity contribution in [3.63, 3.8) is 0 Å². The fourth-order valence-electron chi connectivity index (χ4n) is 3.88. The zero-order chi connectivity index (χ0) is 26.7. The van der Waals surface area contributed by atoms with Crippen molar-refractivity contribution in [1.82, 2.24) is 0 Å². The second kappa shape index (κ2) is 10.5. The summed E-state index contributed by atoms with van der Waals surface area (Å²) >= 11 is 6.02. The number of halogens is 1. The molecule has 0 radical (unpaired) electrons. The third-order valence-corrected chi connectivity index (χ3v) is 5.89. The van der Waals surface area contributed by atoms with E-state index in [-0.39, 0.29) is 23.4 Å². The molecule has 1 heterocycles. The van der Waals surface area contributed by atoms with E-state index in [1.54, 1.807) is 36.4 Å². The van der Waals surface area contributed by atoms with Crippen molar-refractivity contribution in [2.45, 2.75) is 12.5 Å². The number of carbonyl (C=O) groups excluding carboxylic acids is 1. The number of methoxy groups -OCH3 is 2. The summed E-state index contributed by atoms with van der Waals surface area (Å²) in [6, 6.07) is 13.2. The molecule has 0 aliphatic carbocycles. The quantitative estimate of drug-likeness (QED) is 0.169. The van der Waals surface area contributed by atoms with Crippen LogP contribution in [0.3, 0.4) is 0 Å². The molecular weight excluding hydrogens is 508 g/mol. The Hall–Kier alpha value is -4.71. The molecule has 0 spiro atoms. The number of cyclic esters (lactones) is 1. The van der Waals surface area contributed by atoms with Crippen molar-refractivity contribution in [3.05, 3.63) is 96.5 Å². The number of anilines is 1. The van der Waals surface area contributed by atoms with Gasteiger partial charge in [0.05, 0.1) is 35.8 Å². The van der Waals surface area contributed by atoms with Crippen LogP contribution in [-0.4, -0.2) is 35.7 Å². The van der Waals surface area contributed by atoms with Crippen LogP contribution >= 0.6 is 11.6 Å². The minimum atomic E-state index is -0.749. The zero-order valence-corrected chi connectivity index (χ0v) is 20.2. The van der Waals surface area contributed by atoms with Crippen LogP contribution in [0.15, 0.2) is 59.7 Å². The van der Waals surface area contributed by atoms with E-state index in [9.17, 15) is 25.0 Å². The summed E-state index contributed by atoms with van der Waals surface area (Å²) in [4.78, 5) is 33.8. The largest absolute Gasteiger partial charge is 0.493 e. The number of nitro groups is 2. The second-order valence-corrected chi connectivity index (χ2v) is 8.19. The number of nitrogens with one attached hydrogen (secondary N) is 1. The number of hydrogen-bond acceptors (Lipinski definition) is 10. The number of nitrogens with zero attached hydrogens (tertiary/aromatic N) is 3. The van der Waals surface area contributed by atoms with Gasteiger partial charge in [-0.2, -0.15) is 5.10 Å². The second-order valence-electron chi connectivity index (χ2n) is 7.76. The van der Waals surface area contributed by atoms with E-state index in [4.69, 9.17) is 25.8 Å². The Morgan fingerprint density at radius 1 is 1.05 bits per heavy atom. The summed E-state index contributed by atoms with van der Waals surface area (Å²) in [5, 5.41) is 27.4. The lowest BCUT2D eigenvalue weighted by molar-refractivity contribution is -0.393. The molecule has 0 bridgehead atoms. The van der Waals surface area contributed by atoms with Crippen LogP contribution in [0.1, 0.15) is 34.0 Å². The van der Waals surface area contributed by atoms with Crippen LogP contribution in [0, 0.1) is 20.2 Å². The Labute approximate surface area is 214 Å². The number of benzene rings is 3. The van der Waals surface area contributed by atoms with Gasteiger partial charge < -0.3 is 14.2 Å². The maximum Gasteiger partial charge on any atom is 0.343 e. The molecule has 3 aromatic rings. The lowest BCUT2D eigenvalue weighted by Crippen LogP contribution is -2.11. The maximum absolute atomic E-state index is 12.7. The third kappa shape index (κ3) is 5.14. The molecular formula is C24H19ClN4O8. The van der Waals surface area contributed by atoms with Crippen molar-refractivity contribution in [2.24, 2.45) is 5.10 Å². The number of rotatable bonds is 9. The van der Waals surface area contributed by atoms with Crippen LogP contribution in [0.4, 0.5) is 17.1 Å². The molecule has 37 heavy (non-hydrogen) atoms. The van der Waals surface area contributed by atoms with Gasteiger partial charge in [-0.3, -0.25) is 25.7 Å². The first-order chi connectivity index (χ1) is 17.7. The van der Waals surface area contributed by atoms with E-state index in [1.807, 2.05) is 0 Å². The van der Waals surface area contributed by atoms with Gasteiger partial charge in [0.1, 0.15) is 17.4 Å². The van der Waals surface area contributed by atoms with Gasteiger partial charge >= 0.3 is 11.7 Å². The van der Waals surface area contributed by atoms with Crippen molar-refractivity contribution in [1.29, 1.82) is 0 Å². The van der Waals surface area contributed by atoms with Gasteiger partial charge in [-0.1, -0.05) is 29.8 Å². The Kier molecular flexibility index (Phi) is 7.20. The van der Waals surface area contributed by atoms with Crippen LogP contribution in [0.25, 0.3) is 0 Å². The molecule has 4 rings (SSSR count). The number of hydrazone groups is 1. The molecule has 0 amide bonds. The first-order valence-corrected chi connectivity index (χ1v) is 11.1. The van der Waals surface area contributed by atoms with E-state index in [1.165, 1.54) is 20.3 Å². The number of fused-ring (bicyclic) bond motifs is 1. The van der Waals surface area contributed by atoms with Crippen molar-refractivity contribution in [2.75, 3.05) is 19.6 Å². The highest BCUT2D eigenvalue weighted by atomic mass is 35.5. The molecule has 13 heteroatoms. The Morgan fingerprint density at radius 3 is 2.41 bits per heavy atom. The Bertz CT molecular complexity index is 1420. The first-order valence-electron chi connectivity index (χ1n) is 10.7. The predicted octanol–water partition coefficient (Wildman–Crippen LogP) is 5.29.